The number of unbranched alkanes of at least 4 members (excludes halogenated alkanes) is 15. The van der Waals surface area contributed by atoms with E-state index in [0.717, 1.165) is 6.42 Å². The first kappa shape index (κ1) is 27.9. The molecule has 0 saturated heterocycles. The van der Waals surface area contributed by atoms with Gasteiger partial charge in [0.05, 0.1) is 0 Å². The molecule has 0 rings (SSSR count). The first-order chi connectivity index (χ1) is 13.0. The number of hydrogen-bond donors (Lipinski definition) is 3. The van der Waals surface area contributed by atoms with E-state index in [9.17, 15) is 9.59 Å². The molecule has 0 aromatic carbocycles. The van der Waals surface area contributed by atoms with Crippen molar-refractivity contribution in [3.63, 3.8) is 0 Å². The van der Waals surface area contributed by atoms with E-state index < -0.39 is 11.9 Å². The largest absolute Gasteiger partial charge is 0.478 e. The van der Waals surface area contributed by atoms with Gasteiger partial charge in [0, 0.05) is 18.8 Å². The van der Waals surface area contributed by atoms with E-state index in [-0.39, 0.29) is 0 Å². The average molecular weight is 387 g/mol. The van der Waals surface area contributed by atoms with Crippen molar-refractivity contribution in [2.24, 2.45) is 0 Å². The highest BCUT2D eigenvalue weighted by atomic mass is 16.4. The van der Waals surface area contributed by atoms with Gasteiger partial charge in [-0.1, -0.05) is 103 Å². The van der Waals surface area contributed by atoms with Crippen LogP contribution in [0.1, 0.15) is 110 Å². The van der Waals surface area contributed by atoms with Gasteiger partial charge < -0.3 is 15.3 Å². The molecule has 0 aromatic heterocycles. The standard InChI is InChI=1S/C18H38O.C4H4O4/c1-2-3-4-5-6-7-8-9-10-11-12-13-14-15-16-17-18-19;5-3(6)1-2-4(7)8/h19H,2-18H2,1H3;1-2H,(H,5,6)(H,7,8)/b;2-1-. The zero-order chi connectivity index (χ0) is 20.6. The molecule has 0 amide bonds. The van der Waals surface area contributed by atoms with Gasteiger partial charge in [-0.3, -0.25) is 0 Å². The van der Waals surface area contributed by atoms with Crippen molar-refractivity contribution < 1.29 is 24.9 Å². The smallest absolute Gasteiger partial charge is 0.328 e. The van der Waals surface area contributed by atoms with Crippen molar-refractivity contribution in [2.45, 2.75) is 110 Å². The Morgan fingerprint density at radius 1 is 0.556 bits per heavy atom. The van der Waals surface area contributed by atoms with Crippen LogP contribution in [0.25, 0.3) is 0 Å². The number of carbonyl (C=O) groups is 2. The lowest BCUT2D eigenvalue weighted by Crippen LogP contribution is -1.91. The van der Waals surface area contributed by atoms with Crippen LogP contribution in [-0.4, -0.2) is 33.9 Å². The van der Waals surface area contributed by atoms with E-state index in [2.05, 4.69) is 6.92 Å². The van der Waals surface area contributed by atoms with Crippen molar-refractivity contribution in [3.8, 4) is 0 Å². The summed E-state index contributed by atoms with van der Waals surface area (Å²) >= 11 is 0. The number of rotatable bonds is 18. The highest BCUT2D eigenvalue weighted by Gasteiger charge is 1.94. The minimum absolute atomic E-state index is 0.373. The Morgan fingerprint density at radius 3 is 1.04 bits per heavy atom. The molecule has 0 atom stereocenters. The van der Waals surface area contributed by atoms with Crippen molar-refractivity contribution in [3.05, 3.63) is 12.2 Å². The van der Waals surface area contributed by atoms with Crippen LogP contribution >= 0.6 is 0 Å². The van der Waals surface area contributed by atoms with Gasteiger partial charge in [0.1, 0.15) is 0 Å². The van der Waals surface area contributed by atoms with Crippen LogP contribution in [0.3, 0.4) is 0 Å². The summed E-state index contributed by atoms with van der Waals surface area (Å²) in [6, 6.07) is 0. The predicted molar refractivity (Wildman–Crippen MR) is 111 cm³/mol. The highest BCUT2D eigenvalue weighted by molar-refractivity contribution is 5.89. The summed E-state index contributed by atoms with van der Waals surface area (Å²) in [6.07, 6.45) is 23.3. The molecule has 0 aliphatic carbocycles. The molecule has 0 aliphatic heterocycles. The van der Waals surface area contributed by atoms with E-state index >= 15 is 0 Å². The second kappa shape index (κ2) is 24.6. The first-order valence-electron chi connectivity index (χ1n) is 10.8. The van der Waals surface area contributed by atoms with Crippen LogP contribution in [0, 0.1) is 0 Å². The van der Waals surface area contributed by atoms with Gasteiger partial charge in [0.15, 0.2) is 0 Å². The zero-order valence-electron chi connectivity index (χ0n) is 17.3. The van der Waals surface area contributed by atoms with Gasteiger partial charge in [0.25, 0.3) is 0 Å². The Kier molecular flexibility index (Phi) is 25.4. The van der Waals surface area contributed by atoms with Crippen LogP contribution in [-0.2, 0) is 9.59 Å². The monoisotopic (exact) mass is 386 g/mol. The van der Waals surface area contributed by atoms with E-state index in [1.54, 1.807) is 0 Å². The molecule has 0 heterocycles. The normalized spacial score (nSPS) is 10.6. The summed E-state index contributed by atoms with van der Waals surface area (Å²) in [5.41, 5.74) is 0. The van der Waals surface area contributed by atoms with Gasteiger partial charge >= 0.3 is 11.9 Å². The third kappa shape index (κ3) is 32.7. The number of hydrogen-bond acceptors (Lipinski definition) is 3. The van der Waals surface area contributed by atoms with Crippen molar-refractivity contribution >= 4 is 11.9 Å². The molecule has 0 fully saturated rings. The van der Waals surface area contributed by atoms with Crippen LogP contribution in [0.15, 0.2) is 12.2 Å². The second-order valence-electron chi connectivity index (χ2n) is 7.04. The molecule has 160 valence electrons. The molecule has 3 N–H and O–H groups in total. The van der Waals surface area contributed by atoms with Crippen molar-refractivity contribution in [1.82, 2.24) is 0 Å². The molecule has 0 saturated carbocycles. The van der Waals surface area contributed by atoms with Gasteiger partial charge in [0.2, 0.25) is 0 Å². The number of carboxylic acids is 2. The van der Waals surface area contributed by atoms with E-state index in [0.29, 0.717) is 18.8 Å². The minimum Gasteiger partial charge on any atom is -0.478 e. The maximum Gasteiger partial charge on any atom is 0.328 e. The molecule has 0 aliphatic rings. The molecule has 0 aromatic rings. The summed E-state index contributed by atoms with van der Waals surface area (Å²) in [6.45, 7) is 2.66. The van der Waals surface area contributed by atoms with Crippen molar-refractivity contribution in [1.29, 1.82) is 0 Å². The molecular formula is C22H42O5. The molecule has 0 unspecified atom stereocenters. The third-order valence-electron chi connectivity index (χ3n) is 4.38. The minimum atomic E-state index is -1.26. The molecule has 0 radical (unpaired) electrons. The Hall–Kier alpha value is -1.36. The highest BCUT2D eigenvalue weighted by Crippen LogP contribution is 2.13. The average Bonchev–Trinajstić information content (AvgIpc) is 2.64. The lowest BCUT2D eigenvalue weighted by molar-refractivity contribution is -0.134. The molecule has 0 bridgehead atoms. The van der Waals surface area contributed by atoms with Crippen LogP contribution in [0.4, 0.5) is 0 Å². The number of carboxylic acid groups (broad SMARTS) is 2. The van der Waals surface area contributed by atoms with Gasteiger partial charge in [-0.25, -0.2) is 9.59 Å². The number of aliphatic hydroxyl groups is 1. The van der Waals surface area contributed by atoms with E-state index in [1.165, 1.54) is 96.3 Å². The van der Waals surface area contributed by atoms with Gasteiger partial charge in [-0.05, 0) is 6.42 Å². The summed E-state index contributed by atoms with van der Waals surface area (Å²) < 4.78 is 0. The Morgan fingerprint density at radius 2 is 0.815 bits per heavy atom. The van der Waals surface area contributed by atoms with Crippen LogP contribution < -0.4 is 0 Å². The predicted octanol–water partition coefficient (Wildman–Crippen LogP) is 5.95. The number of aliphatic hydroxyl groups excluding tert-OH is 1. The summed E-state index contributed by atoms with van der Waals surface area (Å²) in [5.74, 6) is -2.51. The van der Waals surface area contributed by atoms with Gasteiger partial charge in [-0.15, -0.1) is 0 Å². The lowest BCUT2D eigenvalue weighted by atomic mass is 10.0. The Bertz CT molecular complexity index is 321. The lowest BCUT2D eigenvalue weighted by Gasteiger charge is -2.03. The van der Waals surface area contributed by atoms with E-state index in [1.807, 2.05) is 0 Å². The van der Waals surface area contributed by atoms with Gasteiger partial charge in [-0.2, -0.15) is 0 Å². The summed E-state index contributed by atoms with van der Waals surface area (Å²) in [5, 5.41) is 24.3. The van der Waals surface area contributed by atoms with E-state index in [4.69, 9.17) is 15.3 Å². The first-order valence-corrected chi connectivity index (χ1v) is 10.8. The quantitative estimate of drug-likeness (QED) is 0.200. The van der Waals surface area contributed by atoms with Crippen molar-refractivity contribution in [2.75, 3.05) is 6.61 Å². The second-order valence-corrected chi connectivity index (χ2v) is 7.04. The topological polar surface area (TPSA) is 94.8 Å². The maximum absolute atomic E-state index is 9.55. The maximum atomic E-state index is 9.55. The third-order valence-corrected chi connectivity index (χ3v) is 4.38. The summed E-state index contributed by atoms with van der Waals surface area (Å²) in [7, 11) is 0. The molecular weight excluding hydrogens is 344 g/mol. The molecule has 27 heavy (non-hydrogen) atoms. The van der Waals surface area contributed by atoms with Crippen LogP contribution in [0.2, 0.25) is 0 Å². The fourth-order valence-electron chi connectivity index (χ4n) is 2.80. The fraction of sp³-hybridized carbons (Fsp3) is 0.818. The Balaban J connectivity index is 0. The SMILES string of the molecule is CCCCCCCCCCCCCCCCCCO.O=C(O)/C=C\C(=O)O. The zero-order valence-corrected chi connectivity index (χ0v) is 17.3. The molecule has 5 nitrogen and oxygen atoms in total. The summed E-state index contributed by atoms with van der Waals surface area (Å²) in [4.78, 5) is 19.1. The van der Waals surface area contributed by atoms with Crippen LogP contribution in [0.5, 0.6) is 0 Å². The molecule has 5 heteroatoms. The fourth-order valence-corrected chi connectivity index (χ4v) is 2.80. The number of aliphatic carboxylic acids is 2. The molecule has 0 spiro atoms. The Labute approximate surface area is 165 Å².